The molecule has 0 bridgehead atoms. The summed E-state index contributed by atoms with van der Waals surface area (Å²) in [6.07, 6.45) is 1.32. The first-order valence-corrected chi connectivity index (χ1v) is 7.91. The molecule has 24 heavy (non-hydrogen) atoms. The second-order valence-corrected chi connectivity index (χ2v) is 5.72. The van der Waals surface area contributed by atoms with Gasteiger partial charge in [-0.2, -0.15) is 0 Å². The number of nitrogens with zero attached hydrogens (tertiary/aromatic N) is 1. The molecule has 2 amide bonds. The quantitative estimate of drug-likeness (QED) is 0.787. The highest BCUT2D eigenvalue weighted by molar-refractivity contribution is 5.76. The minimum atomic E-state index is -0.848. The Morgan fingerprint density at radius 1 is 1.33 bits per heavy atom. The summed E-state index contributed by atoms with van der Waals surface area (Å²) in [6.45, 7) is 1.69. The van der Waals surface area contributed by atoms with Crippen LogP contribution in [0, 0.1) is 5.92 Å². The van der Waals surface area contributed by atoms with Gasteiger partial charge in [0.2, 0.25) is 6.79 Å². The Morgan fingerprint density at radius 3 is 3.00 bits per heavy atom. The lowest BCUT2D eigenvalue weighted by Crippen LogP contribution is -2.47. The molecule has 1 atom stereocenters. The van der Waals surface area contributed by atoms with E-state index in [0.717, 1.165) is 0 Å². The molecule has 3 rings (SSSR count). The number of hydrogen-bond donors (Lipinski definition) is 2. The van der Waals surface area contributed by atoms with Crippen molar-refractivity contribution >= 4 is 12.0 Å². The molecular formula is C16H20N2O6. The molecule has 1 unspecified atom stereocenters. The van der Waals surface area contributed by atoms with Crippen LogP contribution in [0.15, 0.2) is 18.2 Å². The number of piperidine rings is 1. The number of carbonyl (C=O) groups excluding carboxylic acids is 1. The average Bonchev–Trinajstić information content (AvgIpc) is 3.06. The molecule has 2 N–H and O–H groups in total. The van der Waals surface area contributed by atoms with Gasteiger partial charge < -0.3 is 29.5 Å². The van der Waals surface area contributed by atoms with Crippen molar-refractivity contribution in [1.29, 1.82) is 0 Å². The first-order chi connectivity index (χ1) is 11.6. The SMILES string of the molecule is O=C(O)C1CCCN(C(=O)NCCOc2ccc3c(c2)OCO3)C1. The number of hydrogen-bond acceptors (Lipinski definition) is 5. The Balaban J connectivity index is 1.40. The minimum absolute atomic E-state index is 0.210. The van der Waals surface area contributed by atoms with Crippen LogP contribution < -0.4 is 19.5 Å². The van der Waals surface area contributed by atoms with Gasteiger partial charge in [-0.05, 0) is 25.0 Å². The van der Waals surface area contributed by atoms with Gasteiger partial charge in [0.25, 0.3) is 0 Å². The molecule has 1 fully saturated rings. The Kier molecular flexibility index (Phi) is 4.93. The van der Waals surface area contributed by atoms with Gasteiger partial charge in [0.05, 0.1) is 12.5 Å². The number of aliphatic carboxylic acids is 1. The van der Waals surface area contributed by atoms with Crippen LogP contribution in [-0.4, -0.2) is 55.0 Å². The summed E-state index contributed by atoms with van der Waals surface area (Å²) in [4.78, 5) is 24.6. The highest BCUT2D eigenvalue weighted by Crippen LogP contribution is 2.34. The van der Waals surface area contributed by atoms with Gasteiger partial charge in [0.1, 0.15) is 12.4 Å². The Hall–Kier alpha value is -2.64. The highest BCUT2D eigenvalue weighted by Gasteiger charge is 2.27. The predicted octanol–water partition coefficient (Wildman–Crippen LogP) is 1.30. The van der Waals surface area contributed by atoms with Gasteiger partial charge in [0, 0.05) is 19.2 Å². The third-order valence-corrected chi connectivity index (χ3v) is 4.05. The number of ether oxygens (including phenoxy) is 3. The summed E-state index contributed by atoms with van der Waals surface area (Å²) in [5, 5.41) is 11.8. The second-order valence-electron chi connectivity index (χ2n) is 5.72. The molecule has 2 heterocycles. The molecule has 0 spiro atoms. The molecule has 2 aliphatic rings. The summed E-state index contributed by atoms with van der Waals surface area (Å²) < 4.78 is 16.1. The zero-order chi connectivity index (χ0) is 16.9. The first-order valence-electron chi connectivity index (χ1n) is 7.91. The van der Waals surface area contributed by atoms with Gasteiger partial charge in [-0.1, -0.05) is 0 Å². The van der Waals surface area contributed by atoms with E-state index in [-0.39, 0.29) is 19.4 Å². The lowest BCUT2D eigenvalue weighted by atomic mass is 9.99. The van der Waals surface area contributed by atoms with Gasteiger partial charge >= 0.3 is 12.0 Å². The van der Waals surface area contributed by atoms with Crippen molar-refractivity contribution in [3.05, 3.63) is 18.2 Å². The third-order valence-electron chi connectivity index (χ3n) is 4.05. The number of urea groups is 1. The number of carbonyl (C=O) groups is 2. The number of nitrogens with one attached hydrogen (secondary N) is 1. The summed E-state index contributed by atoms with van der Waals surface area (Å²) in [5.74, 6) is 0.642. The minimum Gasteiger partial charge on any atom is -0.492 e. The molecule has 1 aromatic carbocycles. The molecule has 1 aromatic rings. The standard InChI is InChI=1S/C16H20N2O6/c19-15(20)11-2-1-6-18(9-11)16(21)17-5-7-22-12-3-4-13-14(8-12)24-10-23-13/h3-4,8,11H,1-2,5-7,9-10H2,(H,17,21)(H,19,20). The van der Waals surface area contributed by atoms with E-state index in [0.29, 0.717) is 49.8 Å². The van der Waals surface area contributed by atoms with E-state index in [4.69, 9.17) is 19.3 Å². The Labute approximate surface area is 139 Å². The zero-order valence-corrected chi connectivity index (χ0v) is 13.2. The molecule has 0 radical (unpaired) electrons. The van der Waals surface area contributed by atoms with Crippen LogP contribution in [0.5, 0.6) is 17.2 Å². The summed E-state index contributed by atoms with van der Waals surface area (Å²) >= 11 is 0. The van der Waals surface area contributed by atoms with Crippen LogP contribution in [0.25, 0.3) is 0 Å². The van der Waals surface area contributed by atoms with Crippen molar-refractivity contribution in [2.45, 2.75) is 12.8 Å². The van der Waals surface area contributed by atoms with E-state index >= 15 is 0 Å². The van der Waals surface area contributed by atoms with E-state index in [1.54, 1.807) is 23.1 Å². The normalized spacial score (nSPS) is 19.0. The zero-order valence-electron chi connectivity index (χ0n) is 13.2. The monoisotopic (exact) mass is 336 g/mol. The van der Waals surface area contributed by atoms with Crippen molar-refractivity contribution in [2.75, 3.05) is 33.0 Å². The fraction of sp³-hybridized carbons (Fsp3) is 0.500. The Morgan fingerprint density at radius 2 is 2.17 bits per heavy atom. The van der Waals surface area contributed by atoms with E-state index in [1.807, 2.05) is 0 Å². The van der Waals surface area contributed by atoms with Crippen molar-refractivity contribution in [3.63, 3.8) is 0 Å². The van der Waals surface area contributed by atoms with Gasteiger partial charge in [-0.15, -0.1) is 0 Å². The van der Waals surface area contributed by atoms with E-state index in [1.165, 1.54) is 0 Å². The van der Waals surface area contributed by atoms with E-state index in [9.17, 15) is 9.59 Å². The number of fused-ring (bicyclic) bond motifs is 1. The summed E-state index contributed by atoms with van der Waals surface area (Å²) in [7, 11) is 0. The van der Waals surface area contributed by atoms with Crippen molar-refractivity contribution in [3.8, 4) is 17.2 Å². The predicted molar refractivity (Wildman–Crippen MR) is 83.4 cm³/mol. The lowest BCUT2D eigenvalue weighted by molar-refractivity contribution is -0.143. The number of benzene rings is 1. The summed E-state index contributed by atoms with van der Waals surface area (Å²) in [5.41, 5.74) is 0. The summed E-state index contributed by atoms with van der Waals surface area (Å²) in [6, 6.07) is 5.04. The topological polar surface area (TPSA) is 97.3 Å². The average molecular weight is 336 g/mol. The number of rotatable bonds is 5. The molecule has 0 aliphatic carbocycles. The first kappa shape index (κ1) is 16.2. The van der Waals surface area contributed by atoms with Gasteiger partial charge in [0.15, 0.2) is 11.5 Å². The van der Waals surface area contributed by atoms with Crippen LogP contribution in [0.1, 0.15) is 12.8 Å². The maximum Gasteiger partial charge on any atom is 0.317 e. The molecule has 1 saturated heterocycles. The van der Waals surface area contributed by atoms with Crippen LogP contribution in [-0.2, 0) is 4.79 Å². The van der Waals surface area contributed by atoms with Gasteiger partial charge in [-0.3, -0.25) is 4.79 Å². The third kappa shape index (κ3) is 3.81. The number of carboxylic acids is 1. The maximum atomic E-state index is 12.1. The number of amides is 2. The van der Waals surface area contributed by atoms with Crippen molar-refractivity contribution < 1.29 is 28.9 Å². The van der Waals surface area contributed by atoms with Crippen molar-refractivity contribution in [1.82, 2.24) is 10.2 Å². The lowest BCUT2D eigenvalue weighted by Gasteiger charge is -2.30. The number of carboxylic acid groups (broad SMARTS) is 1. The Bertz CT molecular complexity index is 621. The smallest absolute Gasteiger partial charge is 0.317 e. The molecule has 2 aliphatic heterocycles. The molecular weight excluding hydrogens is 316 g/mol. The largest absolute Gasteiger partial charge is 0.492 e. The van der Waals surface area contributed by atoms with Crippen LogP contribution in [0.3, 0.4) is 0 Å². The number of likely N-dealkylation sites (tertiary alicyclic amines) is 1. The van der Waals surface area contributed by atoms with Crippen LogP contribution >= 0.6 is 0 Å². The molecule has 130 valence electrons. The van der Waals surface area contributed by atoms with Gasteiger partial charge in [-0.25, -0.2) is 4.79 Å². The molecule has 0 saturated carbocycles. The highest BCUT2D eigenvalue weighted by atomic mass is 16.7. The molecule has 0 aromatic heterocycles. The van der Waals surface area contributed by atoms with Crippen LogP contribution in [0.4, 0.5) is 4.79 Å². The van der Waals surface area contributed by atoms with Crippen molar-refractivity contribution in [2.24, 2.45) is 5.92 Å². The fourth-order valence-electron chi connectivity index (χ4n) is 2.77. The fourth-order valence-corrected chi connectivity index (χ4v) is 2.77. The van der Waals surface area contributed by atoms with E-state index < -0.39 is 11.9 Å². The molecule has 8 heteroatoms. The second kappa shape index (κ2) is 7.29. The van der Waals surface area contributed by atoms with E-state index in [2.05, 4.69) is 5.32 Å². The maximum absolute atomic E-state index is 12.1. The van der Waals surface area contributed by atoms with Crippen LogP contribution in [0.2, 0.25) is 0 Å². The molecule has 8 nitrogen and oxygen atoms in total.